The topological polar surface area (TPSA) is 118 Å². The molecule has 0 spiro atoms. The lowest BCUT2D eigenvalue weighted by molar-refractivity contribution is -0.118. The molecule has 1 aromatic carbocycles. The highest BCUT2D eigenvalue weighted by atomic mass is 35.5. The van der Waals surface area contributed by atoms with E-state index in [9.17, 15) is 14.4 Å². The summed E-state index contributed by atoms with van der Waals surface area (Å²) in [6.07, 6.45) is -0.113. The molecule has 2 amide bonds. The van der Waals surface area contributed by atoms with Gasteiger partial charge in [-0.2, -0.15) is 0 Å². The highest BCUT2D eigenvalue weighted by Crippen LogP contribution is 2.21. The van der Waals surface area contributed by atoms with Crippen LogP contribution in [-0.2, 0) is 10.2 Å². The first-order chi connectivity index (χ1) is 12.5. The van der Waals surface area contributed by atoms with E-state index in [1.165, 1.54) is 0 Å². The van der Waals surface area contributed by atoms with Gasteiger partial charge in [-0.1, -0.05) is 44.5 Å². The highest BCUT2D eigenvalue weighted by Gasteiger charge is 2.24. The molecule has 144 valence electrons. The average molecular weight is 391 g/mol. The second kappa shape index (κ2) is 7.92. The molecule has 0 saturated heterocycles. The van der Waals surface area contributed by atoms with E-state index in [2.05, 4.69) is 15.3 Å². The van der Waals surface area contributed by atoms with Gasteiger partial charge in [-0.3, -0.25) is 14.4 Å². The van der Waals surface area contributed by atoms with Gasteiger partial charge in [0.15, 0.2) is 0 Å². The Labute approximate surface area is 162 Å². The Kier molecular flexibility index (Phi) is 6.05. The third kappa shape index (κ3) is 5.17. The van der Waals surface area contributed by atoms with Gasteiger partial charge >= 0.3 is 0 Å². The van der Waals surface area contributed by atoms with Crippen LogP contribution in [0.4, 0.5) is 0 Å². The predicted octanol–water partition coefficient (Wildman–Crippen LogP) is 2.38. The third-order valence-corrected chi connectivity index (χ3v) is 4.27. The zero-order chi connectivity index (χ0) is 20.4. The first-order valence-corrected chi connectivity index (χ1v) is 8.83. The van der Waals surface area contributed by atoms with Crippen LogP contribution in [0.15, 0.2) is 29.1 Å². The number of nitrogens with zero attached hydrogens (tertiary/aromatic N) is 1. The average Bonchev–Trinajstić information content (AvgIpc) is 2.53. The predicted molar refractivity (Wildman–Crippen MR) is 104 cm³/mol. The van der Waals surface area contributed by atoms with Crippen LogP contribution in [0, 0.1) is 6.92 Å². The Morgan fingerprint density at radius 1 is 1.26 bits per heavy atom. The van der Waals surface area contributed by atoms with Gasteiger partial charge in [0, 0.05) is 10.4 Å². The Bertz CT molecular complexity index is 914. The van der Waals surface area contributed by atoms with Crippen LogP contribution in [0.1, 0.15) is 60.7 Å². The molecule has 27 heavy (non-hydrogen) atoms. The lowest BCUT2D eigenvalue weighted by Crippen LogP contribution is -2.37. The Balaban J connectivity index is 2.36. The fraction of sp³-hybridized carbons (Fsp3) is 0.368. The van der Waals surface area contributed by atoms with Gasteiger partial charge in [-0.05, 0) is 24.6 Å². The molecule has 4 N–H and O–H groups in total. The van der Waals surface area contributed by atoms with Gasteiger partial charge < -0.3 is 16.0 Å². The lowest BCUT2D eigenvalue weighted by atomic mass is 9.95. The van der Waals surface area contributed by atoms with Crippen LogP contribution in [0.2, 0.25) is 5.02 Å². The molecule has 0 aliphatic carbocycles. The van der Waals surface area contributed by atoms with Crippen molar-refractivity contribution in [3.8, 4) is 0 Å². The van der Waals surface area contributed by atoms with Crippen molar-refractivity contribution < 1.29 is 9.59 Å². The zero-order valence-electron chi connectivity index (χ0n) is 15.7. The SMILES string of the molecule is Cc1nc(C(C)(C)C)[nH]c(=O)c1C(=O)N[C@H](CC(N)=O)c1ccc(Cl)cc1. The van der Waals surface area contributed by atoms with Crippen LogP contribution in [-0.4, -0.2) is 21.8 Å². The van der Waals surface area contributed by atoms with Crippen molar-refractivity contribution in [2.45, 2.75) is 45.6 Å². The molecule has 1 atom stereocenters. The van der Waals surface area contributed by atoms with Crippen molar-refractivity contribution in [2.75, 3.05) is 0 Å². The van der Waals surface area contributed by atoms with Crippen LogP contribution < -0.4 is 16.6 Å². The number of benzene rings is 1. The Hall–Kier alpha value is -2.67. The molecular formula is C19H23ClN4O3. The number of rotatable bonds is 5. The van der Waals surface area contributed by atoms with Crippen LogP contribution >= 0.6 is 11.6 Å². The number of aromatic amines is 1. The molecule has 0 bridgehead atoms. The van der Waals surface area contributed by atoms with E-state index >= 15 is 0 Å². The Morgan fingerprint density at radius 2 is 1.85 bits per heavy atom. The van der Waals surface area contributed by atoms with Crippen molar-refractivity contribution in [2.24, 2.45) is 5.73 Å². The van der Waals surface area contributed by atoms with E-state index in [-0.39, 0.29) is 17.4 Å². The minimum atomic E-state index is -0.687. The van der Waals surface area contributed by atoms with Gasteiger partial charge in [0.1, 0.15) is 11.4 Å². The van der Waals surface area contributed by atoms with E-state index < -0.39 is 23.4 Å². The van der Waals surface area contributed by atoms with Crippen molar-refractivity contribution in [1.82, 2.24) is 15.3 Å². The van der Waals surface area contributed by atoms with Crippen molar-refractivity contribution >= 4 is 23.4 Å². The molecule has 0 aliphatic heterocycles. The summed E-state index contributed by atoms with van der Waals surface area (Å²) < 4.78 is 0. The molecule has 0 saturated carbocycles. The number of nitrogens with one attached hydrogen (secondary N) is 2. The number of hydrogen-bond donors (Lipinski definition) is 3. The molecule has 0 fully saturated rings. The van der Waals surface area contributed by atoms with E-state index in [0.717, 1.165) is 0 Å². The largest absolute Gasteiger partial charge is 0.370 e. The zero-order valence-corrected chi connectivity index (χ0v) is 16.5. The number of primary amides is 1. The summed E-state index contributed by atoms with van der Waals surface area (Å²) in [6.45, 7) is 7.33. The van der Waals surface area contributed by atoms with E-state index in [0.29, 0.717) is 22.1 Å². The lowest BCUT2D eigenvalue weighted by Gasteiger charge is -2.20. The third-order valence-electron chi connectivity index (χ3n) is 4.02. The van der Waals surface area contributed by atoms with Crippen molar-refractivity contribution in [3.63, 3.8) is 0 Å². The quantitative estimate of drug-likeness (QED) is 0.726. The number of H-pyrrole nitrogens is 1. The summed E-state index contributed by atoms with van der Waals surface area (Å²) in [4.78, 5) is 43.6. The fourth-order valence-electron chi connectivity index (χ4n) is 2.59. The van der Waals surface area contributed by atoms with Crippen LogP contribution in [0.3, 0.4) is 0 Å². The molecule has 0 radical (unpaired) electrons. The number of aromatic nitrogens is 2. The molecule has 8 heteroatoms. The van der Waals surface area contributed by atoms with Crippen molar-refractivity contribution in [1.29, 1.82) is 0 Å². The van der Waals surface area contributed by atoms with Crippen molar-refractivity contribution in [3.05, 3.63) is 62.3 Å². The number of hydrogen-bond acceptors (Lipinski definition) is 4. The molecule has 7 nitrogen and oxygen atoms in total. The summed E-state index contributed by atoms with van der Waals surface area (Å²) in [6, 6.07) is 5.99. The van der Waals surface area contributed by atoms with Gasteiger partial charge in [0.2, 0.25) is 5.91 Å². The Morgan fingerprint density at radius 3 is 2.33 bits per heavy atom. The first kappa shape index (κ1) is 20.6. The van der Waals surface area contributed by atoms with Gasteiger partial charge in [-0.25, -0.2) is 4.98 Å². The highest BCUT2D eigenvalue weighted by molar-refractivity contribution is 6.30. The minimum absolute atomic E-state index is 0.0913. The number of nitrogens with two attached hydrogens (primary N) is 1. The van der Waals surface area contributed by atoms with Crippen LogP contribution in [0.25, 0.3) is 0 Å². The molecule has 0 unspecified atom stereocenters. The maximum Gasteiger partial charge on any atom is 0.264 e. The summed E-state index contributed by atoms with van der Waals surface area (Å²) >= 11 is 5.88. The standard InChI is InChI=1S/C19H23ClN4O3/c1-10-15(17(27)24-18(22-10)19(2,3)4)16(26)23-13(9-14(21)25)11-5-7-12(20)8-6-11/h5-8,13H,9H2,1-4H3,(H2,21,25)(H,23,26)(H,22,24,27)/t13-/m1/s1. The smallest absolute Gasteiger partial charge is 0.264 e. The second-order valence-electron chi connectivity index (χ2n) is 7.37. The minimum Gasteiger partial charge on any atom is -0.370 e. The van der Waals surface area contributed by atoms with Gasteiger partial charge in [-0.15, -0.1) is 0 Å². The van der Waals surface area contributed by atoms with E-state index in [1.807, 2.05) is 20.8 Å². The fourth-order valence-corrected chi connectivity index (χ4v) is 2.71. The molecular weight excluding hydrogens is 368 g/mol. The number of carbonyl (C=O) groups excluding carboxylic acids is 2. The molecule has 0 aliphatic rings. The first-order valence-electron chi connectivity index (χ1n) is 8.45. The molecule has 2 rings (SSSR count). The molecule has 1 aromatic heterocycles. The van der Waals surface area contributed by atoms with Gasteiger partial charge in [0.25, 0.3) is 11.5 Å². The van der Waals surface area contributed by atoms with E-state index in [1.54, 1.807) is 31.2 Å². The normalized spacial score (nSPS) is 12.5. The van der Waals surface area contributed by atoms with Crippen LogP contribution in [0.5, 0.6) is 0 Å². The maximum atomic E-state index is 12.7. The summed E-state index contributed by atoms with van der Waals surface area (Å²) in [5.74, 6) is -0.710. The number of carbonyl (C=O) groups is 2. The maximum absolute atomic E-state index is 12.7. The summed E-state index contributed by atoms with van der Waals surface area (Å²) in [5, 5.41) is 3.22. The number of amides is 2. The molecule has 2 aromatic rings. The van der Waals surface area contributed by atoms with Gasteiger partial charge in [0.05, 0.1) is 18.2 Å². The monoisotopic (exact) mass is 390 g/mol. The summed E-state index contributed by atoms with van der Waals surface area (Å²) in [5.41, 5.74) is 5.29. The number of halogens is 1. The second-order valence-corrected chi connectivity index (χ2v) is 7.81. The van der Waals surface area contributed by atoms with E-state index in [4.69, 9.17) is 17.3 Å². The molecule has 1 heterocycles. The summed E-state index contributed by atoms with van der Waals surface area (Å²) in [7, 11) is 0. The number of aryl methyl sites for hydroxylation is 1.